The fourth-order valence-electron chi connectivity index (χ4n) is 2.81. The molecule has 22 heavy (non-hydrogen) atoms. The van der Waals surface area contributed by atoms with E-state index in [-0.39, 0.29) is 11.9 Å². The van der Waals surface area contributed by atoms with Crippen molar-refractivity contribution < 1.29 is 4.79 Å². The first-order chi connectivity index (χ1) is 10.8. The third-order valence-electron chi connectivity index (χ3n) is 3.97. The molecular weight excluding hydrogens is 300 g/mol. The Kier molecular flexibility index (Phi) is 4.75. The lowest BCUT2D eigenvalue weighted by Gasteiger charge is -2.37. The fourth-order valence-corrected chi connectivity index (χ4v) is 3.08. The first kappa shape index (κ1) is 15.1. The molecule has 1 aliphatic heterocycles. The minimum Gasteiger partial charge on any atom is -0.337 e. The van der Waals surface area contributed by atoms with Crippen LogP contribution in [-0.4, -0.2) is 40.0 Å². The Bertz CT molecular complexity index is 629. The number of halogens is 1. The number of aryl methyl sites for hydroxylation is 1. The number of carbonyl (C=O) groups is 1. The molecule has 1 atom stereocenters. The lowest BCUT2D eigenvalue weighted by molar-refractivity contribution is -0.134. The van der Waals surface area contributed by atoms with Crippen LogP contribution >= 0.6 is 11.6 Å². The number of nitrogens with one attached hydrogen (secondary N) is 1. The molecule has 1 amide bonds. The zero-order valence-corrected chi connectivity index (χ0v) is 13.0. The standard InChI is InChI=1S/C16H19ClN4O/c17-14-4-2-1-3-13(14)15-11-18-7-10-21(15)16(22)5-8-20-9-6-19-12-20/h1-4,6,9,12,15,18H,5,7-8,10-11H2. The van der Waals surface area contributed by atoms with Gasteiger partial charge in [0.1, 0.15) is 0 Å². The number of hydrogen-bond acceptors (Lipinski definition) is 3. The summed E-state index contributed by atoms with van der Waals surface area (Å²) >= 11 is 6.31. The first-order valence-corrected chi connectivity index (χ1v) is 7.84. The quantitative estimate of drug-likeness (QED) is 0.939. The second kappa shape index (κ2) is 6.94. The Balaban J connectivity index is 1.72. The van der Waals surface area contributed by atoms with Crippen LogP contribution in [0.3, 0.4) is 0 Å². The summed E-state index contributed by atoms with van der Waals surface area (Å²) in [6, 6.07) is 7.74. The normalized spacial score (nSPS) is 18.4. The third kappa shape index (κ3) is 3.31. The number of rotatable bonds is 4. The summed E-state index contributed by atoms with van der Waals surface area (Å²) in [4.78, 5) is 18.5. The zero-order valence-electron chi connectivity index (χ0n) is 12.3. The minimum absolute atomic E-state index is 0.00210. The lowest BCUT2D eigenvalue weighted by atomic mass is 10.0. The molecule has 0 saturated carbocycles. The van der Waals surface area contributed by atoms with E-state index in [4.69, 9.17) is 11.6 Å². The molecule has 1 N–H and O–H groups in total. The van der Waals surface area contributed by atoms with Gasteiger partial charge in [-0.1, -0.05) is 29.8 Å². The van der Waals surface area contributed by atoms with Crippen LogP contribution < -0.4 is 5.32 Å². The molecular formula is C16H19ClN4O. The highest BCUT2D eigenvalue weighted by molar-refractivity contribution is 6.31. The van der Waals surface area contributed by atoms with E-state index in [0.29, 0.717) is 24.5 Å². The second-order valence-corrected chi connectivity index (χ2v) is 5.79. The molecule has 2 aromatic rings. The van der Waals surface area contributed by atoms with Crippen molar-refractivity contribution >= 4 is 17.5 Å². The van der Waals surface area contributed by atoms with Crippen LogP contribution in [0.1, 0.15) is 18.0 Å². The molecule has 1 saturated heterocycles. The Labute approximate surface area is 134 Å². The van der Waals surface area contributed by atoms with Gasteiger partial charge in [-0.05, 0) is 11.6 Å². The maximum Gasteiger partial charge on any atom is 0.224 e. The van der Waals surface area contributed by atoms with Crippen molar-refractivity contribution in [2.45, 2.75) is 19.0 Å². The molecule has 0 bridgehead atoms. The van der Waals surface area contributed by atoms with Crippen LogP contribution in [0.2, 0.25) is 5.02 Å². The summed E-state index contributed by atoms with van der Waals surface area (Å²) in [5, 5.41) is 4.06. The molecule has 3 rings (SSSR count). The summed E-state index contributed by atoms with van der Waals surface area (Å²) in [7, 11) is 0. The molecule has 6 heteroatoms. The number of carbonyl (C=O) groups excluding carboxylic acids is 1. The van der Waals surface area contributed by atoms with E-state index in [9.17, 15) is 4.79 Å². The van der Waals surface area contributed by atoms with Crippen molar-refractivity contribution in [2.24, 2.45) is 0 Å². The van der Waals surface area contributed by atoms with Crippen LogP contribution in [0.4, 0.5) is 0 Å². The van der Waals surface area contributed by atoms with Crippen molar-refractivity contribution in [1.82, 2.24) is 19.8 Å². The number of imidazole rings is 1. The van der Waals surface area contributed by atoms with E-state index >= 15 is 0 Å². The lowest BCUT2D eigenvalue weighted by Crippen LogP contribution is -2.48. The minimum atomic E-state index is -0.00210. The smallest absolute Gasteiger partial charge is 0.224 e. The van der Waals surface area contributed by atoms with Crippen LogP contribution in [0.5, 0.6) is 0 Å². The van der Waals surface area contributed by atoms with Crippen molar-refractivity contribution in [3.05, 3.63) is 53.6 Å². The number of nitrogens with zero attached hydrogens (tertiary/aromatic N) is 3. The molecule has 0 radical (unpaired) electrons. The third-order valence-corrected chi connectivity index (χ3v) is 4.32. The summed E-state index contributed by atoms with van der Waals surface area (Å²) in [6.07, 6.45) is 5.80. The van der Waals surface area contributed by atoms with Gasteiger partial charge in [-0.2, -0.15) is 0 Å². The number of piperazine rings is 1. The van der Waals surface area contributed by atoms with Gasteiger partial charge in [-0.25, -0.2) is 4.98 Å². The van der Waals surface area contributed by atoms with E-state index in [1.54, 1.807) is 12.5 Å². The van der Waals surface area contributed by atoms with Gasteiger partial charge in [0.15, 0.2) is 0 Å². The summed E-state index contributed by atoms with van der Waals surface area (Å²) in [6.45, 7) is 2.91. The predicted molar refractivity (Wildman–Crippen MR) is 85.6 cm³/mol. The molecule has 1 aromatic carbocycles. The molecule has 2 heterocycles. The number of benzene rings is 1. The molecule has 0 spiro atoms. The fraction of sp³-hybridized carbons (Fsp3) is 0.375. The maximum atomic E-state index is 12.6. The molecule has 1 fully saturated rings. The SMILES string of the molecule is O=C(CCn1ccnc1)N1CCNCC1c1ccccc1Cl. The zero-order chi connectivity index (χ0) is 15.4. The van der Waals surface area contributed by atoms with E-state index in [2.05, 4.69) is 10.3 Å². The predicted octanol–water partition coefficient (Wildman–Crippen LogP) is 2.10. The van der Waals surface area contributed by atoms with Crippen molar-refractivity contribution in [3.63, 3.8) is 0 Å². The van der Waals surface area contributed by atoms with Gasteiger partial charge in [0.2, 0.25) is 5.91 Å². The van der Waals surface area contributed by atoms with Crippen molar-refractivity contribution in [3.8, 4) is 0 Å². The number of aromatic nitrogens is 2. The molecule has 0 aliphatic carbocycles. The highest BCUT2D eigenvalue weighted by Gasteiger charge is 2.28. The van der Waals surface area contributed by atoms with Gasteiger partial charge in [0.05, 0.1) is 12.4 Å². The van der Waals surface area contributed by atoms with Gasteiger partial charge >= 0.3 is 0 Å². The van der Waals surface area contributed by atoms with Crippen molar-refractivity contribution in [2.75, 3.05) is 19.6 Å². The van der Waals surface area contributed by atoms with Gasteiger partial charge in [0.25, 0.3) is 0 Å². The van der Waals surface area contributed by atoms with Crippen molar-refractivity contribution in [1.29, 1.82) is 0 Å². The van der Waals surface area contributed by atoms with Crippen LogP contribution in [0, 0.1) is 0 Å². The largest absolute Gasteiger partial charge is 0.337 e. The molecule has 1 unspecified atom stereocenters. The highest BCUT2D eigenvalue weighted by atomic mass is 35.5. The monoisotopic (exact) mass is 318 g/mol. The van der Waals surface area contributed by atoms with Crippen LogP contribution in [0.15, 0.2) is 43.0 Å². The average Bonchev–Trinajstić information content (AvgIpc) is 3.06. The summed E-state index contributed by atoms with van der Waals surface area (Å²) in [5.41, 5.74) is 1.01. The van der Waals surface area contributed by atoms with Gasteiger partial charge < -0.3 is 14.8 Å². The topological polar surface area (TPSA) is 50.2 Å². The Morgan fingerprint density at radius 2 is 2.27 bits per heavy atom. The maximum absolute atomic E-state index is 12.6. The van der Waals surface area contributed by atoms with Crippen LogP contribution in [-0.2, 0) is 11.3 Å². The first-order valence-electron chi connectivity index (χ1n) is 7.46. The van der Waals surface area contributed by atoms with Gasteiger partial charge in [-0.3, -0.25) is 4.79 Å². The van der Waals surface area contributed by atoms with E-state index in [1.165, 1.54) is 0 Å². The second-order valence-electron chi connectivity index (χ2n) is 5.38. The molecule has 1 aromatic heterocycles. The van der Waals surface area contributed by atoms with Crippen LogP contribution in [0.25, 0.3) is 0 Å². The molecule has 116 valence electrons. The Morgan fingerprint density at radius 3 is 3.05 bits per heavy atom. The van der Waals surface area contributed by atoms with Gasteiger partial charge in [0, 0.05) is 50.0 Å². The Morgan fingerprint density at radius 1 is 1.41 bits per heavy atom. The summed E-state index contributed by atoms with van der Waals surface area (Å²) < 4.78 is 1.92. The average molecular weight is 319 g/mol. The van der Waals surface area contributed by atoms with Gasteiger partial charge in [-0.15, -0.1) is 0 Å². The van der Waals surface area contributed by atoms with E-state index in [0.717, 1.165) is 18.7 Å². The Hall–Kier alpha value is -1.85. The number of amides is 1. The molecule has 1 aliphatic rings. The van der Waals surface area contributed by atoms with E-state index < -0.39 is 0 Å². The summed E-state index contributed by atoms with van der Waals surface area (Å²) in [5.74, 6) is 0.153. The highest BCUT2D eigenvalue weighted by Crippen LogP contribution is 2.28. The molecule has 5 nitrogen and oxygen atoms in total. The number of hydrogen-bond donors (Lipinski definition) is 1. The van der Waals surface area contributed by atoms with E-state index in [1.807, 2.05) is 39.9 Å².